The Morgan fingerprint density at radius 1 is 1.17 bits per heavy atom. The van der Waals surface area contributed by atoms with Gasteiger partial charge in [0.1, 0.15) is 5.75 Å². The van der Waals surface area contributed by atoms with Gasteiger partial charge in [-0.05, 0) is 31.2 Å². The molecule has 2 amide bonds. The zero-order valence-electron chi connectivity index (χ0n) is 13.6. The van der Waals surface area contributed by atoms with E-state index in [2.05, 4.69) is 5.32 Å². The summed E-state index contributed by atoms with van der Waals surface area (Å²) >= 11 is 0. The lowest BCUT2D eigenvalue weighted by atomic mass is 10.1. The maximum atomic E-state index is 12.4. The molecule has 1 atom stereocenters. The molecule has 2 aromatic rings. The van der Waals surface area contributed by atoms with Gasteiger partial charge in [-0.15, -0.1) is 0 Å². The summed E-state index contributed by atoms with van der Waals surface area (Å²) in [6, 6.07) is 16.7. The van der Waals surface area contributed by atoms with Gasteiger partial charge in [0, 0.05) is 18.7 Å². The van der Waals surface area contributed by atoms with Crippen LogP contribution in [0.5, 0.6) is 5.75 Å². The lowest BCUT2D eigenvalue weighted by Crippen LogP contribution is -2.28. The number of nitrogens with zero attached hydrogens (tertiary/aromatic N) is 1. The molecule has 124 valence electrons. The Balaban J connectivity index is 1.73. The van der Waals surface area contributed by atoms with Crippen LogP contribution in [-0.2, 0) is 9.59 Å². The van der Waals surface area contributed by atoms with Crippen LogP contribution in [0.2, 0.25) is 0 Å². The highest BCUT2D eigenvalue weighted by molar-refractivity contribution is 6.04. The Morgan fingerprint density at radius 2 is 1.88 bits per heavy atom. The Kier molecular flexibility index (Phi) is 4.79. The number of hydrogen-bond acceptors (Lipinski definition) is 3. The summed E-state index contributed by atoms with van der Waals surface area (Å²) in [6.45, 7) is 2.79. The number of carbonyl (C=O) groups is 2. The molecule has 1 aliphatic rings. The smallest absolute Gasteiger partial charge is 0.229 e. The topological polar surface area (TPSA) is 58.6 Å². The molecule has 5 heteroatoms. The normalized spacial score (nSPS) is 17.0. The highest BCUT2D eigenvalue weighted by Gasteiger charge is 2.36. The summed E-state index contributed by atoms with van der Waals surface area (Å²) in [5.74, 6) is 0.103. The van der Waals surface area contributed by atoms with Gasteiger partial charge < -0.3 is 15.0 Å². The van der Waals surface area contributed by atoms with Gasteiger partial charge in [-0.3, -0.25) is 9.59 Å². The van der Waals surface area contributed by atoms with Gasteiger partial charge in [-0.25, -0.2) is 0 Å². The van der Waals surface area contributed by atoms with Gasteiger partial charge in [-0.1, -0.05) is 30.3 Å². The van der Waals surface area contributed by atoms with Gasteiger partial charge in [0.15, 0.2) is 0 Å². The first-order valence-electron chi connectivity index (χ1n) is 8.07. The molecular formula is C19H20N2O3. The van der Waals surface area contributed by atoms with E-state index in [0.29, 0.717) is 18.9 Å². The lowest BCUT2D eigenvalue weighted by molar-refractivity contribution is -0.122. The zero-order chi connectivity index (χ0) is 16.9. The van der Waals surface area contributed by atoms with Crippen LogP contribution in [0, 0.1) is 5.92 Å². The predicted molar refractivity (Wildman–Crippen MR) is 93.1 cm³/mol. The number of hydrogen-bond donors (Lipinski definition) is 1. The van der Waals surface area contributed by atoms with E-state index in [9.17, 15) is 9.59 Å². The first-order chi connectivity index (χ1) is 11.7. The van der Waals surface area contributed by atoms with Crippen LogP contribution in [0.1, 0.15) is 13.3 Å². The molecule has 1 heterocycles. The molecule has 24 heavy (non-hydrogen) atoms. The summed E-state index contributed by atoms with van der Waals surface area (Å²) in [6.07, 6.45) is 0.207. The van der Waals surface area contributed by atoms with Gasteiger partial charge in [0.2, 0.25) is 11.8 Å². The van der Waals surface area contributed by atoms with E-state index in [0.717, 1.165) is 11.4 Å². The van der Waals surface area contributed by atoms with Crippen molar-refractivity contribution in [1.82, 2.24) is 0 Å². The number of nitrogens with one attached hydrogen (secondary N) is 1. The summed E-state index contributed by atoms with van der Waals surface area (Å²) < 4.78 is 5.59. The van der Waals surface area contributed by atoms with Crippen LogP contribution in [0.4, 0.5) is 11.4 Å². The van der Waals surface area contributed by atoms with Crippen LogP contribution in [-0.4, -0.2) is 25.0 Å². The Labute approximate surface area is 141 Å². The van der Waals surface area contributed by atoms with Crippen molar-refractivity contribution in [2.24, 2.45) is 5.92 Å². The van der Waals surface area contributed by atoms with Crippen molar-refractivity contribution in [3.8, 4) is 5.75 Å². The van der Waals surface area contributed by atoms with Crippen molar-refractivity contribution >= 4 is 23.2 Å². The fourth-order valence-electron chi connectivity index (χ4n) is 2.84. The van der Waals surface area contributed by atoms with E-state index in [4.69, 9.17) is 4.74 Å². The second-order valence-corrected chi connectivity index (χ2v) is 5.66. The Morgan fingerprint density at radius 3 is 2.62 bits per heavy atom. The molecule has 0 bridgehead atoms. The summed E-state index contributed by atoms with van der Waals surface area (Å²) in [5.41, 5.74) is 1.46. The van der Waals surface area contributed by atoms with Crippen molar-refractivity contribution in [1.29, 1.82) is 0 Å². The summed E-state index contributed by atoms with van der Waals surface area (Å²) in [5, 5.41) is 2.87. The predicted octanol–water partition coefficient (Wildman–Crippen LogP) is 3.08. The average molecular weight is 324 g/mol. The highest BCUT2D eigenvalue weighted by Crippen LogP contribution is 2.33. The van der Waals surface area contributed by atoms with Gasteiger partial charge >= 0.3 is 0 Å². The fraction of sp³-hybridized carbons (Fsp3) is 0.263. The Hall–Kier alpha value is -2.82. The molecule has 3 rings (SSSR count). The van der Waals surface area contributed by atoms with Crippen molar-refractivity contribution in [3.05, 3.63) is 54.6 Å². The van der Waals surface area contributed by atoms with Crippen molar-refractivity contribution in [3.63, 3.8) is 0 Å². The minimum atomic E-state index is -0.368. The third-order valence-electron chi connectivity index (χ3n) is 3.99. The molecule has 1 aliphatic heterocycles. The molecule has 0 aliphatic carbocycles. The van der Waals surface area contributed by atoms with Crippen LogP contribution in [0.15, 0.2) is 54.6 Å². The third-order valence-corrected chi connectivity index (χ3v) is 3.99. The molecular weight excluding hydrogens is 304 g/mol. The molecule has 5 nitrogen and oxygen atoms in total. The van der Waals surface area contributed by atoms with E-state index in [-0.39, 0.29) is 24.2 Å². The van der Waals surface area contributed by atoms with E-state index in [1.165, 1.54) is 0 Å². The first-order valence-corrected chi connectivity index (χ1v) is 8.07. The Bertz CT molecular complexity index is 730. The SMILES string of the molecule is CCOc1ccccc1N1CC(C(=O)Nc2ccccc2)CC1=O. The number of ether oxygens (including phenoxy) is 1. The number of para-hydroxylation sites is 3. The van der Waals surface area contributed by atoms with E-state index >= 15 is 0 Å². The van der Waals surface area contributed by atoms with E-state index in [1.54, 1.807) is 4.90 Å². The van der Waals surface area contributed by atoms with Crippen LogP contribution >= 0.6 is 0 Å². The largest absolute Gasteiger partial charge is 0.492 e. The van der Waals surface area contributed by atoms with Crippen molar-refractivity contribution < 1.29 is 14.3 Å². The number of amides is 2. The molecule has 0 saturated carbocycles. The number of benzene rings is 2. The van der Waals surface area contributed by atoms with Crippen molar-refractivity contribution in [2.45, 2.75) is 13.3 Å². The monoisotopic (exact) mass is 324 g/mol. The maximum absolute atomic E-state index is 12.4. The number of carbonyl (C=O) groups excluding carboxylic acids is 2. The first kappa shape index (κ1) is 16.1. The summed E-state index contributed by atoms with van der Waals surface area (Å²) in [4.78, 5) is 26.5. The van der Waals surface area contributed by atoms with Crippen LogP contribution in [0.25, 0.3) is 0 Å². The van der Waals surface area contributed by atoms with Gasteiger partial charge in [-0.2, -0.15) is 0 Å². The molecule has 1 saturated heterocycles. The lowest BCUT2D eigenvalue weighted by Gasteiger charge is -2.20. The molecule has 0 spiro atoms. The van der Waals surface area contributed by atoms with Crippen molar-refractivity contribution in [2.75, 3.05) is 23.4 Å². The molecule has 1 unspecified atom stereocenters. The fourth-order valence-corrected chi connectivity index (χ4v) is 2.84. The standard InChI is InChI=1S/C19H20N2O3/c1-2-24-17-11-7-6-10-16(17)21-13-14(12-18(21)22)19(23)20-15-8-4-3-5-9-15/h3-11,14H,2,12-13H2,1H3,(H,20,23). The highest BCUT2D eigenvalue weighted by atomic mass is 16.5. The molecule has 0 radical (unpaired) electrons. The number of anilines is 2. The quantitative estimate of drug-likeness (QED) is 0.919. The third kappa shape index (κ3) is 3.40. The van der Waals surface area contributed by atoms with Gasteiger partial charge in [0.05, 0.1) is 18.2 Å². The molecule has 1 N–H and O–H groups in total. The zero-order valence-corrected chi connectivity index (χ0v) is 13.6. The summed E-state index contributed by atoms with van der Waals surface area (Å²) in [7, 11) is 0. The van der Waals surface area contributed by atoms with Crippen LogP contribution in [0.3, 0.4) is 0 Å². The minimum absolute atomic E-state index is 0.0598. The molecule has 1 fully saturated rings. The molecule has 2 aromatic carbocycles. The minimum Gasteiger partial charge on any atom is -0.492 e. The van der Waals surface area contributed by atoms with Gasteiger partial charge in [0.25, 0.3) is 0 Å². The van der Waals surface area contributed by atoms with E-state index in [1.807, 2.05) is 61.5 Å². The number of rotatable bonds is 5. The van der Waals surface area contributed by atoms with Crippen LogP contribution < -0.4 is 15.0 Å². The second kappa shape index (κ2) is 7.17. The molecule has 0 aromatic heterocycles. The average Bonchev–Trinajstić information content (AvgIpc) is 2.98. The second-order valence-electron chi connectivity index (χ2n) is 5.66. The van der Waals surface area contributed by atoms with E-state index < -0.39 is 0 Å². The maximum Gasteiger partial charge on any atom is 0.229 e.